The van der Waals surface area contributed by atoms with Gasteiger partial charge in [-0.25, -0.2) is 4.98 Å². The molecule has 74 valence electrons. The van der Waals surface area contributed by atoms with Crippen molar-refractivity contribution in [2.24, 2.45) is 0 Å². The summed E-state index contributed by atoms with van der Waals surface area (Å²) in [5.74, 6) is 1.08. The number of aromatic nitrogens is 1. The van der Waals surface area contributed by atoms with Crippen molar-refractivity contribution in [1.82, 2.24) is 4.98 Å². The largest absolute Gasteiger partial charge is 0.242 e. The Morgan fingerprint density at radius 3 is 3.07 bits per heavy atom. The van der Waals surface area contributed by atoms with E-state index in [2.05, 4.69) is 36.4 Å². The second-order valence-electron chi connectivity index (χ2n) is 2.96. The van der Waals surface area contributed by atoms with E-state index in [1.54, 1.807) is 11.3 Å². The molecule has 0 saturated heterocycles. The molecule has 1 heterocycles. The summed E-state index contributed by atoms with van der Waals surface area (Å²) in [6, 6.07) is 6.54. The first-order chi connectivity index (χ1) is 6.79. The molecular formula is C10H11NS3. The van der Waals surface area contributed by atoms with Crippen LogP contribution in [0.1, 0.15) is 10.6 Å². The number of benzene rings is 1. The maximum atomic E-state index is 4.44. The van der Waals surface area contributed by atoms with Crippen LogP contribution >= 0.6 is 32.9 Å². The maximum absolute atomic E-state index is 4.44. The van der Waals surface area contributed by atoms with Crippen LogP contribution in [0.3, 0.4) is 0 Å². The highest BCUT2D eigenvalue weighted by Gasteiger charge is 2.01. The molecular weight excluding hydrogens is 230 g/mol. The number of hydrogen-bond donors (Lipinski definition) is 0. The quantitative estimate of drug-likeness (QED) is 0.750. The lowest BCUT2D eigenvalue weighted by Gasteiger charge is -1.97. The predicted molar refractivity (Wildman–Crippen MR) is 69.2 cm³/mol. The Bertz CT molecular complexity index is 436. The van der Waals surface area contributed by atoms with E-state index >= 15 is 0 Å². The van der Waals surface area contributed by atoms with E-state index < -0.39 is 0 Å². The van der Waals surface area contributed by atoms with Crippen molar-refractivity contribution in [1.29, 1.82) is 0 Å². The molecule has 1 nitrogen and oxygen atoms in total. The van der Waals surface area contributed by atoms with E-state index in [0.717, 1.165) is 16.3 Å². The number of aryl methyl sites for hydroxylation is 1. The Morgan fingerprint density at radius 2 is 2.29 bits per heavy atom. The van der Waals surface area contributed by atoms with Crippen molar-refractivity contribution < 1.29 is 0 Å². The molecule has 4 heteroatoms. The van der Waals surface area contributed by atoms with Crippen molar-refractivity contribution in [3.05, 3.63) is 28.8 Å². The molecule has 0 atom stereocenters. The molecule has 0 bridgehead atoms. The lowest BCUT2D eigenvalue weighted by atomic mass is 10.2. The smallest absolute Gasteiger partial charge is 0.0907 e. The van der Waals surface area contributed by atoms with Gasteiger partial charge in [0, 0.05) is 5.75 Å². The van der Waals surface area contributed by atoms with Crippen LogP contribution in [0.5, 0.6) is 0 Å². The van der Waals surface area contributed by atoms with Crippen LogP contribution in [0.25, 0.3) is 10.2 Å². The molecule has 0 radical (unpaired) electrons. The van der Waals surface area contributed by atoms with Gasteiger partial charge in [0.05, 0.1) is 15.2 Å². The molecule has 0 aliphatic carbocycles. The molecule has 14 heavy (non-hydrogen) atoms. The average molecular weight is 241 g/mol. The number of fused-ring (bicyclic) bond motifs is 1. The first-order valence-electron chi connectivity index (χ1n) is 4.31. The molecule has 1 aromatic carbocycles. The number of hydrogen-bond acceptors (Lipinski definition) is 4. The van der Waals surface area contributed by atoms with Gasteiger partial charge in [0.1, 0.15) is 0 Å². The lowest BCUT2D eigenvalue weighted by Crippen LogP contribution is -1.77. The SMILES string of the molecule is CSSCc1ccc2nc(C)sc2c1. The Balaban J connectivity index is 2.31. The first kappa shape index (κ1) is 10.3. The van der Waals surface area contributed by atoms with E-state index in [-0.39, 0.29) is 0 Å². The van der Waals surface area contributed by atoms with Crippen LogP contribution in [0.2, 0.25) is 0 Å². The molecule has 0 saturated carbocycles. The molecule has 0 fully saturated rings. The minimum absolute atomic E-state index is 1.08. The average Bonchev–Trinajstić information content (AvgIpc) is 2.54. The molecule has 0 aliphatic rings. The minimum atomic E-state index is 1.08. The fourth-order valence-corrected chi connectivity index (χ4v) is 3.39. The van der Waals surface area contributed by atoms with Gasteiger partial charge in [-0.3, -0.25) is 0 Å². The van der Waals surface area contributed by atoms with Gasteiger partial charge in [-0.05, 0) is 30.9 Å². The highest BCUT2D eigenvalue weighted by Crippen LogP contribution is 2.27. The summed E-state index contributed by atoms with van der Waals surface area (Å²) in [5, 5.41) is 1.15. The summed E-state index contributed by atoms with van der Waals surface area (Å²) in [6.45, 7) is 2.06. The van der Waals surface area contributed by atoms with Crippen molar-refractivity contribution in [2.45, 2.75) is 12.7 Å². The van der Waals surface area contributed by atoms with Gasteiger partial charge in [-0.1, -0.05) is 27.7 Å². The Hall–Kier alpha value is -0.190. The summed E-state index contributed by atoms with van der Waals surface area (Å²) in [4.78, 5) is 4.44. The fraction of sp³-hybridized carbons (Fsp3) is 0.300. The third kappa shape index (κ3) is 2.24. The van der Waals surface area contributed by atoms with Crippen LogP contribution in [0.15, 0.2) is 18.2 Å². The Labute approximate surface area is 95.7 Å². The highest BCUT2D eigenvalue weighted by atomic mass is 33.1. The first-order valence-corrected chi connectivity index (χ1v) is 7.85. The third-order valence-corrected chi connectivity index (χ3v) is 4.58. The Morgan fingerprint density at radius 1 is 1.43 bits per heavy atom. The van der Waals surface area contributed by atoms with Crippen LogP contribution < -0.4 is 0 Å². The summed E-state index contributed by atoms with van der Waals surface area (Å²) in [6.07, 6.45) is 2.11. The number of nitrogens with zero attached hydrogens (tertiary/aromatic N) is 1. The van der Waals surface area contributed by atoms with Gasteiger partial charge in [0.25, 0.3) is 0 Å². The number of rotatable bonds is 3. The van der Waals surface area contributed by atoms with Crippen molar-refractivity contribution >= 4 is 43.1 Å². The van der Waals surface area contributed by atoms with E-state index in [1.807, 2.05) is 21.6 Å². The minimum Gasteiger partial charge on any atom is -0.242 e. The summed E-state index contributed by atoms with van der Waals surface area (Å²) in [7, 11) is 3.69. The zero-order valence-corrected chi connectivity index (χ0v) is 10.6. The third-order valence-electron chi connectivity index (χ3n) is 1.90. The van der Waals surface area contributed by atoms with Gasteiger partial charge in [-0.15, -0.1) is 11.3 Å². The molecule has 2 rings (SSSR count). The van der Waals surface area contributed by atoms with E-state index in [0.29, 0.717) is 0 Å². The molecule has 0 unspecified atom stereocenters. The zero-order chi connectivity index (χ0) is 9.97. The fourth-order valence-electron chi connectivity index (χ4n) is 1.30. The van der Waals surface area contributed by atoms with Crippen LogP contribution in [0.4, 0.5) is 0 Å². The van der Waals surface area contributed by atoms with Crippen molar-refractivity contribution in [3.8, 4) is 0 Å². The molecule has 0 aliphatic heterocycles. The highest BCUT2D eigenvalue weighted by molar-refractivity contribution is 8.76. The van der Waals surface area contributed by atoms with E-state index in [4.69, 9.17) is 0 Å². The van der Waals surface area contributed by atoms with Gasteiger partial charge in [-0.2, -0.15) is 0 Å². The molecule has 0 N–H and O–H groups in total. The second-order valence-corrected chi connectivity index (χ2v) is 6.76. The lowest BCUT2D eigenvalue weighted by molar-refractivity contribution is 1.34. The van der Waals surface area contributed by atoms with Gasteiger partial charge in [0.2, 0.25) is 0 Å². The van der Waals surface area contributed by atoms with Crippen molar-refractivity contribution in [3.63, 3.8) is 0 Å². The molecule has 0 spiro atoms. The summed E-state index contributed by atoms with van der Waals surface area (Å²) >= 11 is 1.77. The zero-order valence-electron chi connectivity index (χ0n) is 8.11. The molecule has 0 amide bonds. The second kappa shape index (κ2) is 4.55. The van der Waals surface area contributed by atoms with E-state index in [1.165, 1.54) is 10.3 Å². The van der Waals surface area contributed by atoms with Crippen LogP contribution in [0, 0.1) is 6.92 Å². The Kier molecular flexibility index (Phi) is 3.36. The van der Waals surface area contributed by atoms with Crippen molar-refractivity contribution in [2.75, 3.05) is 6.26 Å². The van der Waals surface area contributed by atoms with Gasteiger partial charge < -0.3 is 0 Å². The van der Waals surface area contributed by atoms with E-state index in [9.17, 15) is 0 Å². The number of thiazole rings is 1. The molecule has 2 aromatic rings. The van der Waals surface area contributed by atoms with Crippen LogP contribution in [-0.4, -0.2) is 11.2 Å². The summed E-state index contributed by atoms with van der Waals surface area (Å²) in [5.41, 5.74) is 2.52. The monoisotopic (exact) mass is 241 g/mol. The van der Waals surface area contributed by atoms with Gasteiger partial charge >= 0.3 is 0 Å². The maximum Gasteiger partial charge on any atom is 0.0907 e. The standard InChI is InChI=1S/C10H11NS3/c1-7-11-9-4-3-8(6-13-12-2)5-10(9)14-7/h3-5H,6H2,1-2H3. The summed E-state index contributed by atoms with van der Waals surface area (Å²) < 4.78 is 1.31. The topological polar surface area (TPSA) is 12.9 Å². The van der Waals surface area contributed by atoms with Crippen LogP contribution in [-0.2, 0) is 5.75 Å². The normalized spacial score (nSPS) is 11.0. The van der Waals surface area contributed by atoms with Gasteiger partial charge in [0.15, 0.2) is 0 Å². The molecule has 1 aromatic heterocycles. The predicted octanol–water partition coefficient (Wildman–Crippen LogP) is 4.12.